The van der Waals surface area contributed by atoms with Crippen molar-refractivity contribution in [3.63, 3.8) is 0 Å². The highest BCUT2D eigenvalue weighted by atomic mass is 31.2. The van der Waals surface area contributed by atoms with Gasteiger partial charge in [0.2, 0.25) is 0 Å². The quantitative estimate of drug-likeness (QED) is 0.715. The zero-order valence-electron chi connectivity index (χ0n) is 7.58. The van der Waals surface area contributed by atoms with Gasteiger partial charge in [0, 0.05) is 0 Å². The van der Waals surface area contributed by atoms with Gasteiger partial charge in [-0.15, -0.1) is 0 Å². The lowest BCUT2D eigenvalue weighted by Crippen LogP contribution is -2.50. The molecule has 0 aromatic carbocycles. The molecule has 2 heterocycles. The van der Waals surface area contributed by atoms with E-state index in [0.717, 1.165) is 0 Å². The van der Waals surface area contributed by atoms with Crippen LogP contribution in [0.2, 0.25) is 0 Å². The van der Waals surface area contributed by atoms with Crippen LogP contribution in [0, 0.1) is 5.41 Å². The molecule has 2 atom stereocenters. The van der Waals surface area contributed by atoms with E-state index in [-0.39, 0.29) is 18.1 Å². The molecule has 7 nitrogen and oxygen atoms in total. The molecular formula is C5H11O7P3. The van der Waals surface area contributed by atoms with Crippen LogP contribution in [0.4, 0.5) is 0 Å². The molecule has 88 valence electrons. The molecule has 2 aliphatic rings. The van der Waals surface area contributed by atoms with Crippen LogP contribution in [0.15, 0.2) is 0 Å². The molecule has 0 amide bonds. The molecule has 2 aliphatic heterocycles. The third kappa shape index (κ3) is 3.02. The van der Waals surface area contributed by atoms with Crippen molar-refractivity contribution in [2.45, 2.75) is 6.29 Å². The van der Waals surface area contributed by atoms with Crippen LogP contribution in [0.5, 0.6) is 0 Å². The molecule has 0 aromatic heterocycles. The zero-order chi connectivity index (χ0) is 10.7. The molecule has 10 heteroatoms. The zero-order valence-corrected chi connectivity index (χ0v) is 10.5. The first-order chi connectivity index (χ1) is 7.23. The minimum Gasteiger partial charge on any atom is -0.335 e. The molecule has 0 aromatic rings. The summed E-state index contributed by atoms with van der Waals surface area (Å²) in [5, 5.41) is 0. The fourth-order valence-electron chi connectivity index (χ4n) is 1.31. The van der Waals surface area contributed by atoms with E-state index in [1.165, 1.54) is 0 Å². The first-order valence-electron chi connectivity index (χ1n) is 4.09. The third-order valence-corrected chi connectivity index (χ3v) is 3.58. The van der Waals surface area contributed by atoms with E-state index in [9.17, 15) is 0 Å². The van der Waals surface area contributed by atoms with Gasteiger partial charge < -0.3 is 27.9 Å². The van der Waals surface area contributed by atoms with Crippen LogP contribution in [-0.2, 0) is 22.6 Å². The average molecular weight is 276 g/mol. The van der Waals surface area contributed by atoms with E-state index in [0.29, 0.717) is 19.8 Å². The van der Waals surface area contributed by atoms with Gasteiger partial charge in [0.05, 0.1) is 25.2 Å². The lowest BCUT2D eigenvalue weighted by atomic mass is 9.90. The smallest absolute Gasteiger partial charge is 0.329 e. The van der Waals surface area contributed by atoms with Crippen molar-refractivity contribution in [1.82, 2.24) is 0 Å². The summed E-state index contributed by atoms with van der Waals surface area (Å²) < 4.78 is 25.7. The minimum absolute atomic E-state index is 0.00150. The van der Waals surface area contributed by atoms with E-state index in [1.54, 1.807) is 0 Å². The Bertz CT molecular complexity index is 201. The second-order valence-electron chi connectivity index (χ2n) is 3.20. The highest BCUT2D eigenvalue weighted by molar-refractivity contribution is 7.39. The molecule has 0 aliphatic carbocycles. The SMILES string of the molecule is OP(O)OC1OPOCC12COPOC2. The summed E-state index contributed by atoms with van der Waals surface area (Å²) in [5.41, 5.74) is -0.595. The fraction of sp³-hybridized carbons (Fsp3) is 1.00. The van der Waals surface area contributed by atoms with Crippen LogP contribution in [0.3, 0.4) is 0 Å². The number of hydrogen-bond donors (Lipinski definition) is 2. The average Bonchev–Trinajstić information content (AvgIpc) is 2.23. The molecule has 2 fully saturated rings. The first-order valence-corrected chi connectivity index (χ1v) is 6.88. The molecule has 0 radical (unpaired) electrons. The summed E-state index contributed by atoms with van der Waals surface area (Å²) in [6.45, 7) is 1.09. The summed E-state index contributed by atoms with van der Waals surface area (Å²) in [6.07, 6.45) is -0.754. The second-order valence-corrected chi connectivity index (χ2v) is 5.35. The maximum atomic E-state index is 8.82. The Morgan fingerprint density at radius 3 is 2.33 bits per heavy atom. The maximum Gasteiger partial charge on any atom is 0.329 e. The Labute approximate surface area is 91.3 Å². The Hall–Kier alpha value is 1.01. The van der Waals surface area contributed by atoms with Crippen LogP contribution < -0.4 is 0 Å². The maximum absolute atomic E-state index is 8.82. The van der Waals surface area contributed by atoms with Crippen molar-refractivity contribution in [2.24, 2.45) is 5.41 Å². The molecule has 0 bridgehead atoms. The van der Waals surface area contributed by atoms with Gasteiger partial charge in [0.25, 0.3) is 0 Å². The van der Waals surface area contributed by atoms with Gasteiger partial charge in [-0.1, -0.05) is 0 Å². The Kier molecular flexibility index (Phi) is 4.62. The van der Waals surface area contributed by atoms with E-state index in [1.807, 2.05) is 0 Å². The predicted molar refractivity (Wildman–Crippen MR) is 54.2 cm³/mol. The summed E-state index contributed by atoms with van der Waals surface area (Å²) in [5.74, 6) is 0. The second kappa shape index (κ2) is 5.56. The van der Waals surface area contributed by atoms with Crippen molar-refractivity contribution in [3.8, 4) is 0 Å². The molecule has 2 rings (SSSR count). The van der Waals surface area contributed by atoms with Gasteiger partial charge in [-0.25, -0.2) is 0 Å². The highest BCUT2D eigenvalue weighted by Crippen LogP contribution is 2.47. The standard InChI is InChI=1S/C5H11O7P3/c6-15(7)12-4-5(3-10-14-11-4)1-8-13-9-2-5/h4,6-7,13-14H,1-3H2. The van der Waals surface area contributed by atoms with Gasteiger partial charge in [0.15, 0.2) is 24.4 Å². The van der Waals surface area contributed by atoms with Gasteiger partial charge in [0.1, 0.15) is 0 Å². The number of hydrogen-bond acceptors (Lipinski definition) is 7. The van der Waals surface area contributed by atoms with Crippen molar-refractivity contribution < 1.29 is 32.4 Å². The lowest BCUT2D eigenvalue weighted by molar-refractivity contribution is -0.173. The lowest BCUT2D eigenvalue weighted by Gasteiger charge is -2.43. The van der Waals surface area contributed by atoms with E-state index < -0.39 is 20.3 Å². The summed E-state index contributed by atoms with van der Waals surface area (Å²) >= 11 is 0. The topological polar surface area (TPSA) is 86.6 Å². The third-order valence-electron chi connectivity index (χ3n) is 2.10. The van der Waals surface area contributed by atoms with Crippen molar-refractivity contribution in [3.05, 3.63) is 0 Å². The molecular weight excluding hydrogens is 265 g/mol. The van der Waals surface area contributed by atoms with Gasteiger partial charge in [-0.2, -0.15) is 0 Å². The molecule has 2 unspecified atom stereocenters. The minimum atomic E-state index is -2.46. The fourth-order valence-corrected chi connectivity index (χ4v) is 3.41. The summed E-state index contributed by atoms with van der Waals surface area (Å²) in [4.78, 5) is 17.6. The van der Waals surface area contributed by atoms with Gasteiger partial charge in [-0.3, -0.25) is 4.52 Å². The Morgan fingerprint density at radius 2 is 1.73 bits per heavy atom. The Morgan fingerprint density at radius 1 is 1.13 bits per heavy atom. The molecule has 1 spiro atoms. The van der Waals surface area contributed by atoms with Gasteiger partial charge in [-0.05, 0) is 0 Å². The predicted octanol–water partition coefficient (Wildman–Crippen LogP) is 0.638. The van der Waals surface area contributed by atoms with Gasteiger partial charge >= 0.3 is 8.60 Å². The number of rotatable bonds is 2. The Balaban J connectivity index is 2.03. The summed E-state index contributed by atoms with van der Waals surface area (Å²) in [7, 11) is -2.62. The van der Waals surface area contributed by atoms with Crippen LogP contribution in [0.1, 0.15) is 0 Å². The van der Waals surface area contributed by atoms with Crippen molar-refractivity contribution >= 4 is 26.7 Å². The van der Waals surface area contributed by atoms with E-state index >= 15 is 0 Å². The first kappa shape index (κ1) is 12.5. The van der Waals surface area contributed by atoms with Crippen molar-refractivity contribution in [2.75, 3.05) is 19.8 Å². The largest absolute Gasteiger partial charge is 0.335 e. The normalized spacial score (nSPS) is 40.6. The van der Waals surface area contributed by atoms with Crippen molar-refractivity contribution in [1.29, 1.82) is 0 Å². The molecule has 15 heavy (non-hydrogen) atoms. The highest BCUT2D eigenvalue weighted by Gasteiger charge is 2.48. The summed E-state index contributed by atoms with van der Waals surface area (Å²) in [6, 6.07) is 0. The van der Waals surface area contributed by atoms with Crippen LogP contribution in [-0.4, -0.2) is 35.9 Å². The molecule has 2 N–H and O–H groups in total. The van der Waals surface area contributed by atoms with Crippen LogP contribution in [0.25, 0.3) is 0 Å². The van der Waals surface area contributed by atoms with E-state index in [2.05, 4.69) is 0 Å². The molecule has 2 saturated heterocycles. The van der Waals surface area contributed by atoms with E-state index in [4.69, 9.17) is 32.4 Å². The molecule has 0 saturated carbocycles. The monoisotopic (exact) mass is 276 g/mol. The van der Waals surface area contributed by atoms with Crippen LogP contribution >= 0.6 is 26.7 Å².